The first-order valence-corrected chi connectivity index (χ1v) is 6.83. The highest BCUT2D eigenvalue weighted by molar-refractivity contribution is 6.31. The van der Waals surface area contributed by atoms with Gasteiger partial charge < -0.3 is 11.1 Å². The lowest BCUT2D eigenvalue weighted by atomic mass is 10.1. The molecule has 0 spiro atoms. The second-order valence-electron chi connectivity index (χ2n) is 4.66. The predicted molar refractivity (Wildman–Crippen MR) is 83.1 cm³/mol. The second kappa shape index (κ2) is 6.44. The Morgan fingerprint density at radius 3 is 2.60 bits per heavy atom. The van der Waals surface area contributed by atoms with E-state index in [-0.39, 0.29) is 5.91 Å². The highest BCUT2D eigenvalue weighted by Crippen LogP contribution is 2.18. The fraction of sp³-hybridized carbons (Fsp3) is 0.188. The summed E-state index contributed by atoms with van der Waals surface area (Å²) in [7, 11) is 0. The smallest absolute Gasteiger partial charge is 0.251 e. The summed E-state index contributed by atoms with van der Waals surface area (Å²) in [6, 6.07) is 13.0. The molecule has 20 heavy (non-hydrogen) atoms. The summed E-state index contributed by atoms with van der Waals surface area (Å²) in [6.45, 7) is 2.42. The maximum Gasteiger partial charge on any atom is 0.251 e. The Morgan fingerprint density at radius 1 is 1.20 bits per heavy atom. The van der Waals surface area contributed by atoms with Gasteiger partial charge in [0.2, 0.25) is 0 Å². The minimum atomic E-state index is -0.0968. The first kappa shape index (κ1) is 14.4. The van der Waals surface area contributed by atoms with E-state index in [2.05, 4.69) is 5.32 Å². The molecule has 0 aromatic heterocycles. The van der Waals surface area contributed by atoms with Crippen molar-refractivity contribution in [1.29, 1.82) is 0 Å². The molecule has 0 fully saturated rings. The van der Waals surface area contributed by atoms with E-state index in [1.54, 1.807) is 18.2 Å². The van der Waals surface area contributed by atoms with Gasteiger partial charge >= 0.3 is 0 Å². The highest BCUT2D eigenvalue weighted by Gasteiger charge is 2.10. The van der Waals surface area contributed by atoms with Gasteiger partial charge in [-0.15, -0.1) is 0 Å². The van der Waals surface area contributed by atoms with Crippen molar-refractivity contribution in [2.75, 3.05) is 12.3 Å². The summed E-state index contributed by atoms with van der Waals surface area (Å²) in [4.78, 5) is 12.1. The third kappa shape index (κ3) is 3.52. The lowest BCUT2D eigenvalue weighted by molar-refractivity contribution is 0.0953. The SMILES string of the molecule is Cc1c(Cl)cccc1C(=O)NCCc1ccc(N)cc1. The number of nitrogens with one attached hydrogen (secondary N) is 1. The molecule has 4 heteroatoms. The van der Waals surface area contributed by atoms with Crippen LogP contribution in [0.15, 0.2) is 42.5 Å². The Labute approximate surface area is 123 Å². The van der Waals surface area contributed by atoms with Gasteiger partial charge in [-0.3, -0.25) is 4.79 Å². The van der Waals surface area contributed by atoms with Gasteiger partial charge in [0, 0.05) is 22.8 Å². The molecule has 104 valence electrons. The number of carbonyl (C=O) groups excluding carboxylic acids is 1. The molecule has 0 aliphatic rings. The molecule has 0 saturated carbocycles. The maximum absolute atomic E-state index is 12.1. The van der Waals surface area contributed by atoms with Crippen molar-refractivity contribution in [2.45, 2.75) is 13.3 Å². The summed E-state index contributed by atoms with van der Waals surface area (Å²) in [5, 5.41) is 3.51. The van der Waals surface area contributed by atoms with E-state index >= 15 is 0 Å². The van der Waals surface area contributed by atoms with Crippen LogP contribution in [0, 0.1) is 6.92 Å². The second-order valence-corrected chi connectivity index (χ2v) is 5.07. The molecule has 0 unspecified atom stereocenters. The van der Waals surface area contributed by atoms with Crippen molar-refractivity contribution in [3.63, 3.8) is 0 Å². The Kier molecular flexibility index (Phi) is 4.64. The fourth-order valence-electron chi connectivity index (χ4n) is 1.95. The van der Waals surface area contributed by atoms with Crippen molar-refractivity contribution < 1.29 is 4.79 Å². The average Bonchev–Trinajstić information content (AvgIpc) is 2.44. The van der Waals surface area contributed by atoms with E-state index in [0.717, 1.165) is 23.2 Å². The van der Waals surface area contributed by atoms with Crippen LogP contribution in [0.3, 0.4) is 0 Å². The average molecular weight is 289 g/mol. The molecule has 2 rings (SSSR count). The zero-order chi connectivity index (χ0) is 14.5. The monoisotopic (exact) mass is 288 g/mol. The number of anilines is 1. The van der Waals surface area contributed by atoms with Gasteiger partial charge in [0.25, 0.3) is 5.91 Å². The molecule has 0 bridgehead atoms. The minimum absolute atomic E-state index is 0.0968. The van der Waals surface area contributed by atoms with Crippen LogP contribution >= 0.6 is 11.6 Å². The molecular weight excluding hydrogens is 272 g/mol. The molecule has 2 aromatic carbocycles. The molecule has 3 nitrogen and oxygen atoms in total. The van der Waals surface area contributed by atoms with E-state index in [1.165, 1.54) is 0 Å². The van der Waals surface area contributed by atoms with Gasteiger partial charge in [-0.25, -0.2) is 0 Å². The number of nitrogens with two attached hydrogens (primary N) is 1. The van der Waals surface area contributed by atoms with Crippen LogP contribution in [0.5, 0.6) is 0 Å². The topological polar surface area (TPSA) is 55.1 Å². The van der Waals surface area contributed by atoms with Crippen LogP contribution in [-0.2, 0) is 6.42 Å². The van der Waals surface area contributed by atoms with Crippen LogP contribution in [0.1, 0.15) is 21.5 Å². The summed E-state index contributed by atoms with van der Waals surface area (Å²) in [5.74, 6) is -0.0968. The molecule has 2 aromatic rings. The molecule has 0 atom stereocenters. The van der Waals surface area contributed by atoms with E-state index in [0.29, 0.717) is 17.1 Å². The maximum atomic E-state index is 12.1. The van der Waals surface area contributed by atoms with Gasteiger partial charge in [-0.05, 0) is 48.7 Å². The van der Waals surface area contributed by atoms with Crippen molar-refractivity contribution in [1.82, 2.24) is 5.32 Å². The summed E-state index contributed by atoms with van der Waals surface area (Å²) < 4.78 is 0. The van der Waals surface area contributed by atoms with E-state index in [9.17, 15) is 4.79 Å². The van der Waals surface area contributed by atoms with Gasteiger partial charge in [-0.2, -0.15) is 0 Å². The molecule has 0 radical (unpaired) electrons. The van der Waals surface area contributed by atoms with Gasteiger partial charge in [-0.1, -0.05) is 29.8 Å². The number of nitrogen functional groups attached to an aromatic ring is 1. The number of hydrogen-bond acceptors (Lipinski definition) is 2. The fourth-order valence-corrected chi connectivity index (χ4v) is 2.13. The van der Waals surface area contributed by atoms with Gasteiger partial charge in [0.15, 0.2) is 0 Å². The predicted octanol–water partition coefficient (Wildman–Crippen LogP) is 3.20. The third-order valence-corrected chi connectivity index (χ3v) is 3.60. The first-order valence-electron chi connectivity index (χ1n) is 6.45. The summed E-state index contributed by atoms with van der Waals surface area (Å²) in [5.41, 5.74) is 8.94. The van der Waals surface area contributed by atoms with E-state index in [4.69, 9.17) is 17.3 Å². The minimum Gasteiger partial charge on any atom is -0.399 e. The van der Waals surface area contributed by atoms with E-state index < -0.39 is 0 Å². The standard InChI is InChI=1S/C16H17ClN2O/c1-11-14(3-2-4-15(11)17)16(20)19-10-9-12-5-7-13(18)8-6-12/h2-8H,9-10,18H2,1H3,(H,19,20). The number of halogens is 1. The highest BCUT2D eigenvalue weighted by atomic mass is 35.5. The van der Waals surface area contributed by atoms with Crippen molar-refractivity contribution in [3.05, 3.63) is 64.2 Å². The molecule has 0 saturated heterocycles. The number of amides is 1. The van der Waals surface area contributed by atoms with Crippen molar-refractivity contribution in [2.24, 2.45) is 0 Å². The number of carbonyl (C=O) groups is 1. The zero-order valence-electron chi connectivity index (χ0n) is 11.3. The molecule has 0 heterocycles. The van der Waals surface area contributed by atoms with Crippen LogP contribution in [0.4, 0.5) is 5.69 Å². The Bertz CT molecular complexity index is 608. The van der Waals surface area contributed by atoms with Gasteiger partial charge in [0.1, 0.15) is 0 Å². The van der Waals surface area contributed by atoms with Crippen molar-refractivity contribution >= 4 is 23.2 Å². The van der Waals surface area contributed by atoms with Crippen LogP contribution < -0.4 is 11.1 Å². The largest absolute Gasteiger partial charge is 0.399 e. The molecule has 0 aliphatic heterocycles. The number of hydrogen-bond donors (Lipinski definition) is 2. The van der Waals surface area contributed by atoms with Crippen LogP contribution in [0.2, 0.25) is 5.02 Å². The normalized spacial score (nSPS) is 10.3. The van der Waals surface area contributed by atoms with Gasteiger partial charge in [0.05, 0.1) is 0 Å². The molecule has 0 aliphatic carbocycles. The number of benzene rings is 2. The van der Waals surface area contributed by atoms with Crippen LogP contribution in [-0.4, -0.2) is 12.5 Å². The number of rotatable bonds is 4. The Balaban J connectivity index is 1.92. The van der Waals surface area contributed by atoms with E-state index in [1.807, 2.05) is 31.2 Å². The summed E-state index contributed by atoms with van der Waals surface area (Å²) >= 11 is 6.01. The first-order chi connectivity index (χ1) is 9.58. The van der Waals surface area contributed by atoms with Crippen molar-refractivity contribution in [3.8, 4) is 0 Å². The molecule has 3 N–H and O–H groups in total. The lowest BCUT2D eigenvalue weighted by Gasteiger charge is -2.09. The zero-order valence-corrected chi connectivity index (χ0v) is 12.1. The lowest BCUT2D eigenvalue weighted by Crippen LogP contribution is -2.26. The quantitative estimate of drug-likeness (QED) is 0.849. The Morgan fingerprint density at radius 2 is 1.90 bits per heavy atom. The molecule has 1 amide bonds. The van der Waals surface area contributed by atoms with Crippen LogP contribution in [0.25, 0.3) is 0 Å². The Hall–Kier alpha value is -2.00. The molecular formula is C16H17ClN2O. The third-order valence-electron chi connectivity index (χ3n) is 3.19. The summed E-state index contributed by atoms with van der Waals surface area (Å²) in [6.07, 6.45) is 0.769.